The predicted octanol–water partition coefficient (Wildman–Crippen LogP) is 3.44. The first-order chi connectivity index (χ1) is 14.0. The molecule has 0 radical (unpaired) electrons. The van der Waals surface area contributed by atoms with E-state index >= 15 is 0 Å². The van der Waals surface area contributed by atoms with Crippen molar-refractivity contribution >= 4 is 29.0 Å². The molecule has 7 nitrogen and oxygen atoms in total. The third kappa shape index (κ3) is 6.25. The number of aromatic amines is 1. The van der Waals surface area contributed by atoms with Crippen LogP contribution in [0.15, 0.2) is 30.0 Å². The van der Waals surface area contributed by atoms with E-state index in [1.807, 2.05) is 11.4 Å². The maximum absolute atomic E-state index is 13.0. The molecule has 29 heavy (non-hydrogen) atoms. The van der Waals surface area contributed by atoms with Crippen LogP contribution in [0.4, 0.5) is 0 Å². The molecular weight excluding hydrogens is 390 g/mol. The van der Waals surface area contributed by atoms with Crippen LogP contribution in [0.1, 0.15) is 60.3 Å². The number of hydrogen-bond donors (Lipinski definition) is 3. The van der Waals surface area contributed by atoms with Crippen LogP contribution in [0, 0.1) is 11.8 Å². The Bertz CT molecular complexity index is 798. The third-order valence-corrected chi connectivity index (χ3v) is 6.43. The van der Waals surface area contributed by atoms with Crippen molar-refractivity contribution in [3.8, 4) is 0 Å². The summed E-state index contributed by atoms with van der Waals surface area (Å²) in [4.78, 5) is 44.8. The zero-order chi connectivity index (χ0) is 20.6. The molecule has 1 amide bonds. The number of thiophene rings is 1. The number of carbonyl (C=O) groups is 3. The maximum atomic E-state index is 13.0. The number of carbonyl (C=O) groups excluding carboxylic acids is 2. The SMILES string of the molecule is O=C(C[C@@H](CC1CCCCC1)C(=O)N[C@@H](Cc1c[nH]cn1)C(=O)O)c1cccs1. The minimum Gasteiger partial charge on any atom is -0.480 e. The molecule has 2 atom stereocenters. The van der Waals surface area contributed by atoms with Gasteiger partial charge in [0, 0.05) is 25.0 Å². The van der Waals surface area contributed by atoms with E-state index < -0.39 is 17.9 Å². The zero-order valence-corrected chi connectivity index (χ0v) is 17.1. The summed E-state index contributed by atoms with van der Waals surface area (Å²) in [6.07, 6.45) is 9.55. The van der Waals surface area contributed by atoms with E-state index in [1.165, 1.54) is 24.1 Å². The van der Waals surface area contributed by atoms with Crippen molar-refractivity contribution in [2.75, 3.05) is 0 Å². The molecule has 0 bridgehead atoms. The van der Waals surface area contributed by atoms with E-state index in [9.17, 15) is 19.5 Å². The summed E-state index contributed by atoms with van der Waals surface area (Å²) >= 11 is 1.37. The normalized spacial score (nSPS) is 16.8. The van der Waals surface area contributed by atoms with E-state index in [4.69, 9.17) is 0 Å². The van der Waals surface area contributed by atoms with Crippen molar-refractivity contribution in [3.05, 3.63) is 40.6 Å². The van der Waals surface area contributed by atoms with Crippen LogP contribution < -0.4 is 5.32 Å². The number of carboxylic acid groups (broad SMARTS) is 1. The molecule has 2 aromatic heterocycles. The van der Waals surface area contributed by atoms with Crippen LogP contribution in [-0.2, 0) is 16.0 Å². The molecule has 1 fully saturated rings. The molecule has 0 aromatic carbocycles. The van der Waals surface area contributed by atoms with Gasteiger partial charge in [0.2, 0.25) is 5.91 Å². The van der Waals surface area contributed by atoms with Crippen molar-refractivity contribution in [3.63, 3.8) is 0 Å². The van der Waals surface area contributed by atoms with Crippen LogP contribution in [0.5, 0.6) is 0 Å². The number of amides is 1. The zero-order valence-electron chi connectivity index (χ0n) is 16.3. The van der Waals surface area contributed by atoms with Crippen molar-refractivity contribution in [1.29, 1.82) is 0 Å². The fourth-order valence-corrected chi connectivity index (χ4v) is 4.65. The summed E-state index contributed by atoms with van der Waals surface area (Å²) in [6, 6.07) is 2.51. The molecule has 1 saturated carbocycles. The fourth-order valence-electron chi connectivity index (χ4n) is 3.97. The van der Waals surface area contributed by atoms with Gasteiger partial charge < -0.3 is 15.4 Å². The Morgan fingerprint density at radius 1 is 1.28 bits per heavy atom. The number of H-pyrrole nitrogens is 1. The van der Waals surface area contributed by atoms with Gasteiger partial charge in [0.1, 0.15) is 6.04 Å². The maximum Gasteiger partial charge on any atom is 0.326 e. The first-order valence-corrected chi connectivity index (χ1v) is 11.0. The highest BCUT2D eigenvalue weighted by molar-refractivity contribution is 7.12. The van der Waals surface area contributed by atoms with Gasteiger partial charge >= 0.3 is 5.97 Å². The monoisotopic (exact) mass is 417 g/mol. The number of nitrogens with zero attached hydrogens (tertiary/aromatic N) is 1. The molecule has 0 aliphatic heterocycles. The Kier molecular flexibility index (Phi) is 7.57. The first kappa shape index (κ1) is 21.2. The minimum atomic E-state index is -1.11. The van der Waals surface area contributed by atoms with Gasteiger partial charge in [-0.05, 0) is 23.8 Å². The second-order valence-electron chi connectivity index (χ2n) is 7.71. The molecule has 2 heterocycles. The number of aromatic nitrogens is 2. The van der Waals surface area contributed by atoms with Crippen molar-refractivity contribution in [2.45, 2.75) is 57.4 Å². The summed E-state index contributed by atoms with van der Waals surface area (Å²) in [7, 11) is 0. The summed E-state index contributed by atoms with van der Waals surface area (Å²) in [6.45, 7) is 0. The molecule has 3 rings (SSSR count). The minimum absolute atomic E-state index is 0.0601. The number of nitrogens with one attached hydrogen (secondary N) is 2. The molecule has 1 aliphatic carbocycles. The Morgan fingerprint density at radius 2 is 2.07 bits per heavy atom. The highest BCUT2D eigenvalue weighted by Gasteiger charge is 2.30. The average molecular weight is 418 g/mol. The van der Waals surface area contributed by atoms with Gasteiger partial charge in [0.25, 0.3) is 0 Å². The lowest BCUT2D eigenvalue weighted by atomic mass is 9.81. The van der Waals surface area contributed by atoms with E-state index in [-0.39, 0.29) is 24.5 Å². The Labute approximate surface area is 173 Å². The quantitative estimate of drug-likeness (QED) is 0.513. The van der Waals surface area contributed by atoms with Crippen molar-refractivity contribution < 1.29 is 19.5 Å². The largest absolute Gasteiger partial charge is 0.480 e. The van der Waals surface area contributed by atoms with Gasteiger partial charge in [-0.1, -0.05) is 38.2 Å². The molecule has 2 aromatic rings. The standard InChI is InChI=1S/C21H27N3O4S/c25-18(19-7-4-8-29-19)10-15(9-14-5-2-1-3-6-14)20(26)24-17(21(27)28)11-16-12-22-13-23-16/h4,7-8,12-15,17H,1-3,5-6,9-11H2,(H,22,23)(H,24,26)(H,27,28)/t15-,17+/m1/s1. The van der Waals surface area contributed by atoms with E-state index in [1.54, 1.807) is 12.3 Å². The van der Waals surface area contributed by atoms with Gasteiger partial charge in [-0.15, -0.1) is 11.3 Å². The van der Waals surface area contributed by atoms with Crippen LogP contribution >= 0.6 is 11.3 Å². The van der Waals surface area contributed by atoms with Gasteiger partial charge in [0.15, 0.2) is 5.78 Å². The molecule has 0 spiro atoms. The summed E-state index contributed by atoms with van der Waals surface area (Å²) in [5, 5.41) is 14.0. The van der Waals surface area contributed by atoms with Crippen LogP contribution in [-0.4, -0.2) is 38.8 Å². The van der Waals surface area contributed by atoms with E-state index in [2.05, 4.69) is 15.3 Å². The Hall–Kier alpha value is -2.48. The number of carboxylic acids is 1. The van der Waals surface area contributed by atoms with Crippen LogP contribution in [0.2, 0.25) is 0 Å². The lowest BCUT2D eigenvalue weighted by molar-refractivity contribution is -0.142. The van der Waals surface area contributed by atoms with Gasteiger partial charge in [-0.25, -0.2) is 9.78 Å². The summed E-state index contributed by atoms with van der Waals surface area (Å²) in [5.41, 5.74) is 0.566. The molecule has 0 unspecified atom stereocenters. The van der Waals surface area contributed by atoms with E-state index in [0.29, 0.717) is 22.9 Å². The first-order valence-electron chi connectivity index (χ1n) is 10.1. The molecule has 0 saturated heterocycles. The topological polar surface area (TPSA) is 112 Å². The lowest BCUT2D eigenvalue weighted by Crippen LogP contribution is -2.45. The summed E-state index contributed by atoms with van der Waals surface area (Å²) in [5.74, 6) is -1.64. The number of rotatable bonds is 10. The number of ketones is 1. The van der Waals surface area contributed by atoms with Gasteiger partial charge in [-0.3, -0.25) is 9.59 Å². The number of Topliss-reactive ketones (excluding diaryl/α,β-unsaturated/α-hetero) is 1. The fraction of sp³-hybridized carbons (Fsp3) is 0.524. The molecule has 3 N–H and O–H groups in total. The number of imidazole rings is 1. The van der Waals surface area contributed by atoms with Crippen molar-refractivity contribution in [2.24, 2.45) is 11.8 Å². The van der Waals surface area contributed by atoms with Crippen LogP contribution in [0.3, 0.4) is 0 Å². The van der Waals surface area contributed by atoms with Gasteiger partial charge in [-0.2, -0.15) is 0 Å². The second-order valence-corrected chi connectivity index (χ2v) is 8.65. The highest BCUT2D eigenvalue weighted by atomic mass is 32.1. The lowest BCUT2D eigenvalue weighted by Gasteiger charge is -2.26. The summed E-state index contributed by atoms with van der Waals surface area (Å²) < 4.78 is 0. The Balaban J connectivity index is 1.69. The third-order valence-electron chi connectivity index (χ3n) is 5.52. The van der Waals surface area contributed by atoms with Crippen molar-refractivity contribution in [1.82, 2.24) is 15.3 Å². The second kappa shape index (κ2) is 10.3. The number of aliphatic carboxylic acids is 1. The van der Waals surface area contributed by atoms with Gasteiger partial charge in [0.05, 0.1) is 16.9 Å². The highest BCUT2D eigenvalue weighted by Crippen LogP contribution is 2.31. The van der Waals surface area contributed by atoms with E-state index in [0.717, 1.165) is 25.7 Å². The van der Waals surface area contributed by atoms with Crippen LogP contribution in [0.25, 0.3) is 0 Å². The predicted molar refractivity (Wildman–Crippen MR) is 110 cm³/mol. The molecule has 156 valence electrons. The molecule has 8 heteroatoms. The molecular formula is C21H27N3O4S. The average Bonchev–Trinajstić information content (AvgIpc) is 3.41. The number of hydrogen-bond acceptors (Lipinski definition) is 5. The Morgan fingerprint density at radius 3 is 2.69 bits per heavy atom. The smallest absolute Gasteiger partial charge is 0.326 e. The molecule has 1 aliphatic rings.